The highest BCUT2D eigenvalue weighted by Gasteiger charge is 2.47. The van der Waals surface area contributed by atoms with Crippen molar-refractivity contribution in [2.24, 2.45) is 0 Å². The van der Waals surface area contributed by atoms with Crippen molar-refractivity contribution in [1.82, 2.24) is 20.0 Å². The lowest BCUT2D eigenvalue weighted by Crippen LogP contribution is -2.49. The van der Waals surface area contributed by atoms with E-state index in [1.807, 2.05) is 36.5 Å². The molecule has 156 valence electrons. The minimum Gasteiger partial charge on any atom is -0.354 e. The first-order valence-corrected chi connectivity index (χ1v) is 10.2. The van der Waals surface area contributed by atoms with Gasteiger partial charge < -0.3 is 10.2 Å². The fourth-order valence-electron chi connectivity index (χ4n) is 4.25. The van der Waals surface area contributed by atoms with Crippen molar-refractivity contribution in [3.63, 3.8) is 0 Å². The molecule has 3 amide bonds. The van der Waals surface area contributed by atoms with E-state index in [-0.39, 0.29) is 30.7 Å². The molecule has 0 spiro atoms. The van der Waals surface area contributed by atoms with Crippen molar-refractivity contribution in [3.05, 3.63) is 83.7 Å². The van der Waals surface area contributed by atoms with Crippen LogP contribution in [0.4, 0.5) is 5.69 Å². The van der Waals surface area contributed by atoms with Crippen LogP contribution in [0.15, 0.2) is 67.0 Å². The molecule has 31 heavy (non-hydrogen) atoms. The van der Waals surface area contributed by atoms with Gasteiger partial charge in [0, 0.05) is 43.0 Å². The molecule has 5 rings (SSSR count). The molecule has 2 aliphatic rings. The van der Waals surface area contributed by atoms with E-state index in [9.17, 15) is 14.4 Å². The number of hydrogen-bond acceptors (Lipinski definition) is 4. The predicted octanol–water partition coefficient (Wildman–Crippen LogP) is 2.20. The Hall–Kier alpha value is -3.94. The molecule has 8 nitrogen and oxygen atoms in total. The Balaban J connectivity index is 1.36. The van der Waals surface area contributed by atoms with Crippen LogP contribution in [-0.2, 0) is 11.3 Å². The first-order valence-electron chi connectivity index (χ1n) is 10.2. The number of hydrogen-bond donors (Lipinski definition) is 1. The van der Waals surface area contributed by atoms with Gasteiger partial charge in [0.05, 0.1) is 17.8 Å². The maximum absolute atomic E-state index is 13.3. The van der Waals surface area contributed by atoms with Gasteiger partial charge in [0.2, 0.25) is 5.91 Å². The number of amides is 3. The zero-order chi connectivity index (χ0) is 21.4. The Bertz CT molecular complexity index is 1160. The lowest BCUT2D eigenvalue weighted by Gasteiger charge is -2.40. The molecule has 2 aromatic carbocycles. The van der Waals surface area contributed by atoms with Gasteiger partial charge in [0.1, 0.15) is 6.17 Å². The molecule has 1 N–H and O–H groups in total. The third kappa shape index (κ3) is 3.26. The minimum absolute atomic E-state index is 0.130. The second kappa shape index (κ2) is 7.71. The standard InChI is InChI=1S/C23H21N5O3/c29-20(24-12-15-26-13-5-11-25-26)10-14-27-21-16-6-1-2-7-17(16)23(31)28(21)19-9-4-3-8-18(19)22(27)30/h1-9,11,13,21H,10,12,14-15H2,(H,24,29). The van der Waals surface area contributed by atoms with E-state index in [0.717, 1.165) is 5.56 Å². The summed E-state index contributed by atoms with van der Waals surface area (Å²) < 4.78 is 1.74. The Morgan fingerprint density at radius 2 is 1.71 bits per heavy atom. The molecular formula is C23H21N5O3. The van der Waals surface area contributed by atoms with Gasteiger partial charge in [-0.3, -0.25) is 24.0 Å². The van der Waals surface area contributed by atoms with Crippen molar-refractivity contribution in [1.29, 1.82) is 0 Å². The van der Waals surface area contributed by atoms with E-state index in [1.165, 1.54) is 0 Å². The number of nitrogens with zero attached hydrogens (tertiary/aromatic N) is 4. The number of para-hydroxylation sites is 1. The van der Waals surface area contributed by atoms with Crippen LogP contribution < -0.4 is 10.2 Å². The number of nitrogens with one attached hydrogen (secondary N) is 1. The van der Waals surface area contributed by atoms with Gasteiger partial charge in [0.15, 0.2) is 0 Å². The van der Waals surface area contributed by atoms with Gasteiger partial charge in [-0.2, -0.15) is 5.10 Å². The summed E-state index contributed by atoms with van der Waals surface area (Å²) >= 11 is 0. The molecule has 0 radical (unpaired) electrons. The second-order valence-corrected chi connectivity index (χ2v) is 7.52. The second-order valence-electron chi connectivity index (χ2n) is 7.52. The van der Waals surface area contributed by atoms with Crippen LogP contribution in [0.1, 0.15) is 38.9 Å². The number of benzene rings is 2. The molecule has 2 aliphatic heterocycles. The van der Waals surface area contributed by atoms with Crippen LogP contribution in [0.5, 0.6) is 0 Å². The van der Waals surface area contributed by atoms with Gasteiger partial charge in [-0.15, -0.1) is 0 Å². The fraction of sp³-hybridized carbons (Fsp3) is 0.217. The molecule has 3 heterocycles. The van der Waals surface area contributed by atoms with Crippen molar-refractivity contribution < 1.29 is 14.4 Å². The van der Waals surface area contributed by atoms with Gasteiger partial charge in [-0.05, 0) is 24.3 Å². The smallest absolute Gasteiger partial charge is 0.260 e. The minimum atomic E-state index is -0.539. The Kier molecular flexibility index (Phi) is 4.74. The largest absolute Gasteiger partial charge is 0.354 e. The molecule has 0 bridgehead atoms. The molecule has 0 saturated heterocycles. The lowest BCUT2D eigenvalue weighted by molar-refractivity contribution is -0.121. The number of aromatic nitrogens is 2. The molecule has 0 saturated carbocycles. The highest BCUT2D eigenvalue weighted by atomic mass is 16.2. The normalized spacial score (nSPS) is 16.7. The van der Waals surface area contributed by atoms with E-state index >= 15 is 0 Å². The maximum Gasteiger partial charge on any atom is 0.260 e. The molecule has 0 fully saturated rings. The zero-order valence-electron chi connectivity index (χ0n) is 16.8. The van der Waals surface area contributed by atoms with Crippen LogP contribution in [0.3, 0.4) is 0 Å². The van der Waals surface area contributed by atoms with Crippen LogP contribution in [-0.4, -0.2) is 45.5 Å². The molecule has 3 aromatic rings. The molecule has 1 unspecified atom stereocenters. The maximum atomic E-state index is 13.3. The van der Waals surface area contributed by atoms with Crippen molar-refractivity contribution in [2.45, 2.75) is 19.1 Å². The number of carbonyl (C=O) groups excluding carboxylic acids is 3. The summed E-state index contributed by atoms with van der Waals surface area (Å²) in [5, 5.41) is 6.97. The van der Waals surface area contributed by atoms with Crippen LogP contribution in [0.25, 0.3) is 0 Å². The monoisotopic (exact) mass is 415 g/mol. The number of rotatable bonds is 6. The summed E-state index contributed by atoms with van der Waals surface area (Å²) in [5.41, 5.74) is 2.46. The topological polar surface area (TPSA) is 87.5 Å². The summed E-state index contributed by atoms with van der Waals surface area (Å²) in [6, 6.07) is 16.3. The van der Waals surface area contributed by atoms with Gasteiger partial charge in [-0.25, -0.2) is 0 Å². The summed E-state index contributed by atoms with van der Waals surface area (Å²) in [7, 11) is 0. The highest BCUT2D eigenvalue weighted by molar-refractivity contribution is 6.16. The lowest BCUT2D eigenvalue weighted by atomic mass is 10.0. The van der Waals surface area contributed by atoms with Crippen molar-refractivity contribution in [3.8, 4) is 0 Å². The Morgan fingerprint density at radius 3 is 2.52 bits per heavy atom. The Labute approximate surface area is 179 Å². The van der Waals surface area contributed by atoms with E-state index < -0.39 is 6.17 Å². The SMILES string of the molecule is O=C(CCN1C(=O)c2ccccc2N2C(=O)c3ccccc3C12)NCCn1cccn1. The molecule has 1 atom stereocenters. The fourth-order valence-corrected chi connectivity index (χ4v) is 4.25. The highest BCUT2D eigenvalue weighted by Crippen LogP contribution is 2.45. The van der Waals surface area contributed by atoms with Crippen LogP contribution >= 0.6 is 0 Å². The number of anilines is 1. The summed E-state index contributed by atoms with van der Waals surface area (Å²) in [4.78, 5) is 42.1. The van der Waals surface area contributed by atoms with Crippen molar-refractivity contribution in [2.75, 3.05) is 18.0 Å². The van der Waals surface area contributed by atoms with E-state index in [0.29, 0.717) is 29.9 Å². The number of fused-ring (bicyclic) bond motifs is 5. The van der Waals surface area contributed by atoms with E-state index in [1.54, 1.807) is 44.9 Å². The number of carbonyl (C=O) groups is 3. The van der Waals surface area contributed by atoms with Crippen LogP contribution in [0, 0.1) is 0 Å². The Morgan fingerprint density at radius 1 is 0.935 bits per heavy atom. The third-order valence-electron chi connectivity index (χ3n) is 5.68. The van der Waals surface area contributed by atoms with Gasteiger partial charge in [0.25, 0.3) is 11.8 Å². The predicted molar refractivity (Wildman–Crippen MR) is 113 cm³/mol. The molecule has 1 aromatic heterocycles. The van der Waals surface area contributed by atoms with Crippen LogP contribution in [0.2, 0.25) is 0 Å². The molecular weight excluding hydrogens is 394 g/mol. The zero-order valence-corrected chi connectivity index (χ0v) is 16.8. The van der Waals surface area contributed by atoms with Crippen molar-refractivity contribution >= 4 is 23.4 Å². The van der Waals surface area contributed by atoms with Gasteiger partial charge >= 0.3 is 0 Å². The quantitative estimate of drug-likeness (QED) is 0.669. The van der Waals surface area contributed by atoms with E-state index in [4.69, 9.17) is 0 Å². The average Bonchev–Trinajstić information content (AvgIpc) is 3.41. The average molecular weight is 415 g/mol. The van der Waals surface area contributed by atoms with E-state index in [2.05, 4.69) is 10.4 Å². The summed E-state index contributed by atoms with van der Waals surface area (Å²) in [6.07, 6.45) is 3.13. The summed E-state index contributed by atoms with van der Waals surface area (Å²) in [6.45, 7) is 1.24. The molecule has 8 heteroatoms. The molecule has 0 aliphatic carbocycles. The first kappa shape index (κ1) is 19.0. The third-order valence-corrected chi connectivity index (χ3v) is 5.68. The summed E-state index contributed by atoms with van der Waals surface area (Å²) in [5.74, 6) is -0.456. The first-order chi connectivity index (χ1) is 15.1. The van der Waals surface area contributed by atoms with Gasteiger partial charge in [-0.1, -0.05) is 30.3 Å².